The maximum Gasteiger partial charge on any atom is 0.339 e. The number of rotatable bonds is 9. The average Bonchev–Trinajstić information content (AvgIpc) is 2.46. The van der Waals surface area contributed by atoms with Gasteiger partial charge in [-0.05, 0) is 41.5 Å². The molecule has 162 valence electrons. The SMILES string of the molecule is CC(C)(C)OC(=O)[C@](N)(CSSC[C@](N)(C(=O)O)C(=O)OC(C)(C)C)C(=O)O. The molecular formula is C16H28N2O8S2. The van der Waals surface area contributed by atoms with Crippen LogP contribution in [0, 0.1) is 0 Å². The molecule has 0 unspecified atom stereocenters. The number of carboxylic acid groups (broad SMARTS) is 2. The van der Waals surface area contributed by atoms with Gasteiger partial charge in [0.2, 0.25) is 11.1 Å². The molecule has 0 radical (unpaired) electrons. The van der Waals surface area contributed by atoms with Gasteiger partial charge < -0.3 is 31.2 Å². The fourth-order valence-electron chi connectivity index (χ4n) is 1.42. The second-order valence-corrected chi connectivity index (χ2v) is 10.5. The van der Waals surface area contributed by atoms with Crippen molar-refractivity contribution in [2.75, 3.05) is 11.5 Å². The van der Waals surface area contributed by atoms with Gasteiger partial charge in [0, 0.05) is 11.5 Å². The summed E-state index contributed by atoms with van der Waals surface area (Å²) in [5, 5.41) is 18.6. The lowest BCUT2D eigenvalue weighted by atomic mass is 10.0. The number of esters is 2. The molecule has 0 saturated heterocycles. The average molecular weight is 441 g/mol. The van der Waals surface area contributed by atoms with Crippen LogP contribution in [0.3, 0.4) is 0 Å². The lowest BCUT2D eigenvalue weighted by Gasteiger charge is -2.29. The maximum atomic E-state index is 12.1. The molecule has 28 heavy (non-hydrogen) atoms. The maximum absolute atomic E-state index is 12.1. The van der Waals surface area contributed by atoms with Crippen molar-refractivity contribution in [3.63, 3.8) is 0 Å². The minimum absolute atomic E-state index is 0.439. The Kier molecular flexibility index (Phi) is 8.83. The van der Waals surface area contributed by atoms with Crippen LogP contribution in [0.4, 0.5) is 0 Å². The van der Waals surface area contributed by atoms with E-state index in [0.717, 1.165) is 21.6 Å². The minimum atomic E-state index is -2.35. The first kappa shape index (κ1) is 26.5. The van der Waals surface area contributed by atoms with Gasteiger partial charge in [0.05, 0.1) is 0 Å². The molecule has 0 rings (SSSR count). The van der Waals surface area contributed by atoms with Gasteiger partial charge in [0.25, 0.3) is 0 Å². The molecule has 6 N–H and O–H groups in total. The molecule has 12 heteroatoms. The van der Waals surface area contributed by atoms with Gasteiger partial charge >= 0.3 is 23.9 Å². The number of aliphatic carboxylic acids is 2. The van der Waals surface area contributed by atoms with Gasteiger partial charge in [0.15, 0.2) is 0 Å². The van der Waals surface area contributed by atoms with Crippen LogP contribution in [0.5, 0.6) is 0 Å². The summed E-state index contributed by atoms with van der Waals surface area (Å²) < 4.78 is 10.1. The second kappa shape index (κ2) is 9.33. The van der Waals surface area contributed by atoms with Gasteiger partial charge in [0.1, 0.15) is 11.2 Å². The van der Waals surface area contributed by atoms with E-state index in [2.05, 4.69) is 0 Å². The topological polar surface area (TPSA) is 179 Å². The normalized spacial score (nSPS) is 16.4. The third-order valence-electron chi connectivity index (χ3n) is 2.95. The number of nitrogens with two attached hydrogens (primary N) is 2. The lowest BCUT2D eigenvalue weighted by Crippen LogP contribution is -2.59. The summed E-state index contributed by atoms with van der Waals surface area (Å²) in [4.78, 5) is 47.2. The van der Waals surface area contributed by atoms with E-state index in [9.17, 15) is 29.4 Å². The Balaban J connectivity index is 5.10. The fourth-order valence-corrected chi connectivity index (χ4v) is 4.06. The van der Waals surface area contributed by atoms with E-state index in [-0.39, 0.29) is 0 Å². The number of carbonyl (C=O) groups excluding carboxylic acids is 2. The highest BCUT2D eigenvalue weighted by atomic mass is 33.1. The van der Waals surface area contributed by atoms with Crippen molar-refractivity contribution in [3.8, 4) is 0 Å². The van der Waals surface area contributed by atoms with E-state index >= 15 is 0 Å². The van der Waals surface area contributed by atoms with Crippen molar-refractivity contribution < 1.29 is 38.9 Å². The van der Waals surface area contributed by atoms with E-state index in [1.807, 2.05) is 0 Å². The number of hydrogen-bond donors (Lipinski definition) is 4. The molecule has 0 fully saturated rings. The number of carboxylic acids is 2. The Morgan fingerprint density at radius 1 is 0.714 bits per heavy atom. The molecule has 10 nitrogen and oxygen atoms in total. The molecule has 0 spiro atoms. The Morgan fingerprint density at radius 3 is 1.14 bits per heavy atom. The zero-order chi connectivity index (χ0) is 22.6. The summed E-state index contributed by atoms with van der Waals surface area (Å²) in [6.07, 6.45) is 0. The van der Waals surface area contributed by atoms with Crippen LogP contribution in [0.15, 0.2) is 0 Å². The lowest BCUT2D eigenvalue weighted by molar-refractivity contribution is -0.169. The van der Waals surface area contributed by atoms with Crippen molar-refractivity contribution in [2.45, 2.75) is 63.8 Å². The Hall–Kier alpha value is -1.50. The third kappa shape index (κ3) is 7.86. The molecule has 0 aromatic heterocycles. The number of carbonyl (C=O) groups is 4. The first-order valence-electron chi connectivity index (χ1n) is 8.11. The summed E-state index contributed by atoms with van der Waals surface area (Å²) in [5.74, 6) is -6.34. The Labute approximate surface area is 171 Å². The molecule has 0 aromatic rings. The smallest absolute Gasteiger partial charge is 0.339 e. The molecule has 0 amide bonds. The highest BCUT2D eigenvalue weighted by Gasteiger charge is 2.48. The molecule has 2 atom stereocenters. The van der Waals surface area contributed by atoms with Gasteiger partial charge in [-0.2, -0.15) is 0 Å². The van der Waals surface area contributed by atoms with Crippen LogP contribution < -0.4 is 11.5 Å². The Morgan fingerprint density at radius 2 is 0.964 bits per heavy atom. The van der Waals surface area contributed by atoms with Crippen LogP contribution >= 0.6 is 21.6 Å². The predicted molar refractivity (Wildman–Crippen MR) is 106 cm³/mol. The van der Waals surface area contributed by atoms with Crippen molar-refractivity contribution in [1.29, 1.82) is 0 Å². The van der Waals surface area contributed by atoms with Crippen LogP contribution in [-0.2, 0) is 28.7 Å². The van der Waals surface area contributed by atoms with Gasteiger partial charge in [-0.3, -0.25) is 0 Å². The van der Waals surface area contributed by atoms with Gasteiger partial charge in [-0.25, -0.2) is 19.2 Å². The highest BCUT2D eigenvalue weighted by molar-refractivity contribution is 8.76. The third-order valence-corrected chi connectivity index (χ3v) is 5.47. The Bertz CT molecular complexity index is 575. The molecule has 0 heterocycles. The van der Waals surface area contributed by atoms with E-state index in [4.69, 9.17) is 20.9 Å². The molecular weight excluding hydrogens is 412 g/mol. The van der Waals surface area contributed by atoms with E-state index in [1.165, 1.54) is 0 Å². The predicted octanol–water partition coefficient (Wildman–Crippen LogP) is 0.615. The molecule has 0 saturated carbocycles. The first-order valence-corrected chi connectivity index (χ1v) is 10.6. The summed E-state index contributed by atoms with van der Waals surface area (Å²) in [6.45, 7) is 9.37. The summed E-state index contributed by atoms with van der Waals surface area (Å²) in [7, 11) is 1.56. The summed E-state index contributed by atoms with van der Waals surface area (Å²) in [5.41, 5.74) is 4.81. The summed E-state index contributed by atoms with van der Waals surface area (Å²) in [6, 6.07) is 0. The molecule has 0 aliphatic heterocycles. The zero-order valence-corrected chi connectivity index (χ0v) is 18.4. The van der Waals surface area contributed by atoms with Crippen molar-refractivity contribution in [2.24, 2.45) is 11.5 Å². The molecule has 0 aliphatic carbocycles. The molecule has 0 bridgehead atoms. The van der Waals surface area contributed by atoms with Crippen LogP contribution in [0.1, 0.15) is 41.5 Å². The largest absolute Gasteiger partial charge is 0.479 e. The van der Waals surface area contributed by atoms with Crippen LogP contribution in [-0.4, -0.2) is 67.9 Å². The summed E-state index contributed by atoms with van der Waals surface area (Å²) >= 11 is 0. The van der Waals surface area contributed by atoms with Crippen molar-refractivity contribution in [3.05, 3.63) is 0 Å². The highest BCUT2D eigenvalue weighted by Crippen LogP contribution is 2.30. The quantitative estimate of drug-likeness (QED) is 0.170. The van der Waals surface area contributed by atoms with Gasteiger partial charge in [-0.1, -0.05) is 21.6 Å². The fraction of sp³-hybridized carbons (Fsp3) is 0.750. The van der Waals surface area contributed by atoms with Crippen molar-refractivity contribution >= 4 is 45.5 Å². The van der Waals surface area contributed by atoms with Crippen LogP contribution in [0.25, 0.3) is 0 Å². The van der Waals surface area contributed by atoms with Crippen molar-refractivity contribution in [1.82, 2.24) is 0 Å². The van der Waals surface area contributed by atoms with Crippen LogP contribution in [0.2, 0.25) is 0 Å². The zero-order valence-electron chi connectivity index (χ0n) is 16.7. The van der Waals surface area contributed by atoms with Gasteiger partial charge in [-0.15, -0.1) is 0 Å². The van der Waals surface area contributed by atoms with E-state index in [0.29, 0.717) is 0 Å². The number of ether oxygens (including phenoxy) is 2. The minimum Gasteiger partial charge on any atom is -0.479 e. The number of hydrogen-bond acceptors (Lipinski definition) is 10. The monoisotopic (exact) mass is 440 g/mol. The first-order chi connectivity index (χ1) is 12.3. The van der Waals surface area contributed by atoms with E-state index in [1.54, 1.807) is 41.5 Å². The molecule has 0 aromatic carbocycles. The standard InChI is InChI=1S/C16H28N2O8S2/c1-13(2,3)25-11(23)15(17,9(19)20)7-27-28-8-16(18,10(21)22)12(24)26-14(4,5)6/h7-8,17-18H2,1-6H3,(H,19,20)(H,21,22)/t15-,16-/m0/s1. The second-order valence-electron chi connectivity index (χ2n) is 8.08. The van der Waals surface area contributed by atoms with E-state index < -0.39 is 57.7 Å². The molecule has 0 aliphatic rings.